The lowest BCUT2D eigenvalue weighted by Gasteiger charge is -2.13. The maximum atomic E-state index is 10.7. The van der Waals surface area contributed by atoms with Gasteiger partial charge in [0, 0.05) is 13.0 Å². The van der Waals surface area contributed by atoms with Gasteiger partial charge in [-0.15, -0.1) is 5.10 Å². The monoisotopic (exact) mass is 333 g/mol. The van der Waals surface area contributed by atoms with E-state index in [1.807, 2.05) is 7.05 Å². The lowest BCUT2D eigenvalue weighted by molar-refractivity contribution is 0.135. The van der Waals surface area contributed by atoms with E-state index < -0.39 is 6.10 Å². The molecule has 1 fully saturated rings. The Bertz CT molecular complexity index is 649. The highest BCUT2D eigenvalue weighted by Crippen LogP contribution is 2.64. The Morgan fingerprint density at radius 2 is 2.20 bits per heavy atom. The van der Waals surface area contributed by atoms with Crippen LogP contribution >= 0.6 is 15.9 Å². The number of aromatic nitrogens is 3. The van der Waals surface area contributed by atoms with Crippen LogP contribution in [0.25, 0.3) is 0 Å². The SMILES string of the molecule is Cn1nnc(Br)c1C(O)C1C2CCc3ccccc3C21. The largest absolute Gasteiger partial charge is 0.386 e. The first kappa shape index (κ1) is 12.5. The summed E-state index contributed by atoms with van der Waals surface area (Å²) in [5.74, 6) is 1.39. The molecule has 104 valence electrons. The number of aryl methyl sites for hydroxylation is 2. The Kier molecular flexibility index (Phi) is 2.76. The van der Waals surface area contributed by atoms with Gasteiger partial charge in [-0.3, -0.25) is 0 Å². The molecule has 4 atom stereocenters. The van der Waals surface area contributed by atoms with Crippen molar-refractivity contribution >= 4 is 15.9 Å². The predicted molar refractivity (Wildman–Crippen MR) is 78.1 cm³/mol. The van der Waals surface area contributed by atoms with Gasteiger partial charge in [-0.2, -0.15) is 0 Å². The molecule has 0 aliphatic heterocycles. The quantitative estimate of drug-likeness (QED) is 0.918. The van der Waals surface area contributed by atoms with Crippen LogP contribution in [0.4, 0.5) is 0 Å². The lowest BCUT2D eigenvalue weighted by atomic mass is 9.92. The molecule has 4 rings (SSSR count). The second-order valence-electron chi connectivity index (χ2n) is 5.84. The molecule has 0 saturated heterocycles. The maximum absolute atomic E-state index is 10.7. The minimum Gasteiger partial charge on any atom is -0.386 e. The predicted octanol–water partition coefficient (Wildman–Crippen LogP) is 2.59. The van der Waals surface area contributed by atoms with E-state index in [1.165, 1.54) is 17.5 Å². The fraction of sp³-hybridized carbons (Fsp3) is 0.467. The van der Waals surface area contributed by atoms with Crippen molar-refractivity contribution in [2.75, 3.05) is 0 Å². The van der Waals surface area contributed by atoms with Crippen LogP contribution < -0.4 is 0 Å². The van der Waals surface area contributed by atoms with Crippen LogP contribution in [0.3, 0.4) is 0 Å². The standard InChI is InChI=1S/C15H16BrN3O/c1-19-13(15(16)17-18-19)14(20)12-10-7-6-8-4-2-3-5-9(8)11(10)12/h2-5,10-12,14,20H,6-7H2,1H3. The third kappa shape index (κ3) is 1.69. The Morgan fingerprint density at radius 3 is 2.95 bits per heavy atom. The zero-order valence-corrected chi connectivity index (χ0v) is 12.8. The molecule has 4 unspecified atom stereocenters. The molecular formula is C15H16BrN3O. The van der Waals surface area contributed by atoms with Gasteiger partial charge in [-0.1, -0.05) is 29.5 Å². The number of benzene rings is 1. The molecule has 0 amide bonds. The van der Waals surface area contributed by atoms with Crippen molar-refractivity contribution in [3.05, 3.63) is 45.7 Å². The highest BCUT2D eigenvalue weighted by molar-refractivity contribution is 9.10. The van der Waals surface area contributed by atoms with E-state index in [2.05, 4.69) is 50.5 Å². The minimum absolute atomic E-state index is 0.298. The van der Waals surface area contributed by atoms with Crippen molar-refractivity contribution in [3.63, 3.8) is 0 Å². The van der Waals surface area contributed by atoms with E-state index in [9.17, 15) is 5.11 Å². The summed E-state index contributed by atoms with van der Waals surface area (Å²) in [7, 11) is 1.83. The molecule has 1 aromatic carbocycles. The van der Waals surface area contributed by atoms with Gasteiger partial charge in [-0.25, -0.2) is 4.68 Å². The van der Waals surface area contributed by atoms with Crippen molar-refractivity contribution in [3.8, 4) is 0 Å². The first-order chi connectivity index (χ1) is 9.68. The zero-order valence-electron chi connectivity index (χ0n) is 11.2. The highest BCUT2D eigenvalue weighted by atomic mass is 79.9. The average molecular weight is 334 g/mol. The summed E-state index contributed by atoms with van der Waals surface area (Å²) in [5.41, 5.74) is 3.67. The maximum Gasteiger partial charge on any atom is 0.154 e. The van der Waals surface area contributed by atoms with E-state index in [4.69, 9.17) is 0 Å². The van der Waals surface area contributed by atoms with Gasteiger partial charge in [-0.05, 0) is 51.7 Å². The van der Waals surface area contributed by atoms with Crippen LogP contribution in [0.1, 0.15) is 35.3 Å². The van der Waals surface area contributed by atoms with Crippen LogP contribution in [0.5, 0.6) is 0 Å². The molecule has 0 radical (unpaired) electrons. The normalized spacial score (nSPS) is 28.6. The molecule has 4 nitrogen and oxygen atoms in total. The van der Waals surface area contributed by atoms with Crippen LogP contribution in [-0.4, -0.2) is 20.1 Å². The fourth-order valence-electron chi connectivity index (χ4n) is 3.89. The topological polar surface area (TPSA) is 50.9 Å². The summed E-state index contributed by atoms with van der Waals surface area (Å²) < 4.78 is 2.33. The molecule has 1 aromatic heterocycles. The van der Waals surface area contributed by atoms with Crippen molar-refractivity contribution in [2.45, 2.75) is 24.9 Å². The third-order valence-corrected chi connectivity index (χ3v) is 5.43. The lowest BCUT2D eigenvalue weighted by Crippen LogP contribution is -2.09. The Labute approximate surface area is 125 Å². The van der Waals surface area contributed by atoms with Gasteiger partial charge in [0.05, 0.1) is 0 Å². The number of hydrogen-bond donors (Lipinski definition) is 1. The molecule has 2 aromatic rings. The third-order valence-electron chi connectivity index (χ3n) is 4.86. The van der Waals surface area contributed by atoms with Crippen molar-refractivity contribution in [2.24, 2.45) is 18.9 Å². The van der Waals surface area contributed by atoms with E-state index in [-0.39, 0.29) is 0 Å². The van der Waals surface area contributed by atoms with Crippen LogP contribution in [-0.2, 0) is 13.5 Å². The molecule has 1 heterocycles. The van der Waals surface area contributed by atoms with E-state index in [1.54, 1.807) is 4.68 Å². The van der Waals surface area contributed by atoms with Gasteiger partial charge in [0.2, 0.25) is 0 Å². The van der Waals surface area contributed by atoms with Crippen LogP contribution in [0.2, 0.25) is 0 Å². The number of aliphatic hydroxyl groups is 1. The zero-order chi connectivity index (χ0) is 13.9. The summed E-state index contributed by atoms with van der Waals surface area (Å²) in [6.07, 6.45) is 1.81. The fourth-order valence-corrected chi connectivity index (χ4v) is 4.45. The van der Waals surface area contributed by atoms with Gasteiger partial charge in [0.15, 0.2) is 4.60 Å². The molecule has 1 saturated carbocycles. The Balaban J connectivity index is 1.67. The number of halogens is 1. The van der Waals surface area contributed by atoms with Crippen molar-refractivity contribution in [1.29, 1.82) is 0 Å². The number of rotatable bonds is 2. The number of nitrogens with zero attached hydrogens (tertiary/aromatic N) is 3. The Hall–Kier alpha value is -1.20. The summed E-state index contributed by atoms with van der Waals surface area (Å²) in [6.45, 7) is 0. The first-order valence-corrected chi connectivity index (χ1v) is 7.78. The summed E-state index contributed by atoms with van der Waals surface area (Å²) in [6, 6.07) is 8.64. The van der Waals surface area contributed by atoms with Gasteiger partial charge >= 0.3 is 0 Å². The minimum atomic E-state index is -0.495. The van der Waals surface area contributed by atoms with Crippen LogP contribution in [0.15, 0.2) is 28.9 Å². The molecule has 0 spiro atoms. The Morgan fingerprint density at radius 1 is 1.40 bits per heavy atom. The second kappa shape index (κ2) is 4.40. The number of aliphatic hydroxyl groups excluding tert-OH is 1. The molecular weight excluding hydrogens is 318 g/mol. The van der Waals surface area contributed by atoms with Gasteiger partial charge in [0.1, 0.15) is 11.8 Å². The first-order valence-electron chi connectivity index (χ1n) is 6.99. The smallest absolute Gasteiger partial charge is 0.154 e. The number of hydrogen-bond acceptors (Lipinski definition) is 3. The van der Waals surface area contributed by atoms with E-state index in [0.717, 1.165) is 12.1 Å². The second-order valence-corrected chi connectivity index (χ2v) is 6.59. The van der Waals surface area contributed by atoms with Crippen LogP contribution in [0, 0.1) is 11.8 Å². The molecule has 20 heavy (non-hydrogen) atoms. The molecule has 1 N–H and O–H groups in total. The molecule has 2 aliphatic carbocycles. The van der Waals surface area contributed by atoms with E-state index >= 15 is 0 Å². The van der Waals surface area contributed by atoms with Crippen molar-refractivity contribution in [1.82, 2.24) is 15.0 Å². The summed E-state index contributed by atoms with van der Waals surface area (Å²) in [4.78, 5) is 0. The molecule has 5 heteroatoms. The molecule has 2 aliphatic rings. The summed E-state index contributed by atoms with van der Waals surface area (Å²) in [5, 5.41) is 18.7. The molecule has 0 bridgehead atoms. The average Bonchev–Trinajstić information content (AvgIpc) is 3.11. The van der Waals surface area contributed by atoms with Gasteiger partial charge in [0.25, 0.3) is 0 Å². The van der Waals surface area contributed by atoms with Gasteiger partial charge < -0.3 is 5.11 Å². The summed E-state index contributed by atoms with van der Waals surface area (Å²) >= 11 is 3.39. The van der Waals surface area contributed by atoms with Crippen molar-refractivity contribution < 1.29 is 5.11 Å². The number of fused-ring (bicyclic) bond motifs is 3. The van der Waals surface area contributed by atoms with E-state index in [0.29, 0.717) is 22.4 Å². The highest BCUT2D eigenvalue weighted by Gasteiger charge is 2.57.